The Kier molecular flexibility index (Phi) is 3.63. The zero-order chi connectivity index (χ0) is 9.64. The van der Waals surface area contributed by atoms with E-state index < -0.39 is 0 Å². The van der Waals surface area contributed by atoms with E-state index in [1.54, 1.807) is 0 Å². The predicted molar refractivity (Wildman–Crippen MR) is 61.9 cm³/mol. The minimum absolute atomic E-state index is 0.426. The molecular formula is C11H9NSSe. The molecule has 1 heterocycles. The van der Waals surface area contributed by atoms with E-state index in [0.717, 1.165) is 5.03 Å². The van der Waals surface area contributed by atoms with Crippen LogP contribution in [0.2, 0.25) is 0 Å². The van der Waals surface area contributed by atoms with Gasteiger partial charge in [0.05, 0.1) is 0 Å². The molecule has 14 heavy (non-hydrogen) atoms. The number of pyridine rings is 1. The summed E-state index contributed by atoms with van der Waals surface area (Å²) in [7, 11) is 1.82. The minimum atomic E-state index is 0.426. The Bertz CT molecular complexity index is 338. The Balaban J connectivity index is 1.96. The fourth-order valence-electron chi connectivity index (χ4n) is 0.963. The molecule has 0 fully saturated rings. The van der Waals surface area contributed by atoms with Crippen LogP contribution in [0.5, 0.6) is 0 Å². The normalized spacial score (nSPS) is 10.0. The fraction of sp³-hybridized carbons (Fsp3) is 0. The number of nitrogens with zero attached hydrogens (tertiary/aromatic N) is 1. The van der Waals surface area contributed by atoms with Crippen LogP contribution in [0.4, 0.5) is 0 Å². The molecule has 0 saturated carbocycles. The first-order valence-corrected chi connectivity index (χ1v) is 7.95. The van der Waals surface area contributed by atoms with Gasteiger partial charge < -0.3 is 0 Å². The molecule has 0 unspecified atom stereocenters. The maximum atomic E-state index is 4.27. The van der Waals surface area contributed by atoms with Gasteiger partial charge in [0.1, 0.15) is 0 Å². The van der Waals surface area contributed by atoms with Crippen molar-refractivity contribution >= 4 is 28.5 Å². The van der Waals surface area contributed by atoms with Crippen LogP contribution in [0, 0.1) is 0 Å². The van der Waals surface area contributed by atoms with Gasteiger partial charge in [0.2, 0.25) is 0 Å². The number of hydrogen-bond acceptors (Lipinski definition) is 2. The number of aromatic nitrogens is 1. The van der Waals surface area contributed by atoms with Crippen LogP contribution >= 0.6 is 10.2 Å². The van der Waals surface area contributed by atoms with Gasteiger partial charge in [-0.25, -0.2) is 0 Å². The zero-order valence-electron chi connectivity index (χ0n) is 7.46. The summed E-state index contributed by atoms with van der Waals surface area (Å²) in [6, 6.07) is 16.5. The molecule has 0 radical (unpaired) electrons. The van der Waals surface area contributed by atoms with E-state index in [9.17, 15) is 0 Å². The molecule has 0 spiro atoms. The van der Waals surface area contributed by atoms with Gasteiger partial charge in [-0.1, -0.05) is 0 Å². The van der Waals surface area contributed by atoms with Crippen molar-refractivity contribution in [3.05, 3.63) is 54.7 Å². The molecule has 2 rings (SSSR count). The van der Waals surface area contributed by atoms with Gasteiger partial charge in [-0.2, -0.15) is 0 Å². The first-order valence-electron chi connectivity index (χ1n) is 4.26. The second-order valence-corrected chi connectivity index (χ2v) is 6.49. The van der Waals surface area contributed by atoms with E-state index >= 15 is 0 Å². The summed E-state index contributed by atoms with van der Waals surface area (Å²) in [6.45, 7) is 0. The van der Waals surface area contributed by atoms with Crippen LogP contribution in [-0.4, -0.2) is 18.8 Å². The van der Waals surface area contributed by atoms with Crippen molar-refractivity contribution in [3.8, 4) is 0 Å². The molecular weight excluding hydrogens is 257 g/mol. The second-order valence-electron chi connectivity index (χ2n) is 2.65. The molecule has 2 aromatic rings. The molecule has 1 nitrogen and oxygen atoms in total. The summed E-state index contributed by atoms with van der Waals surface area (Å²) < 4.78 is 1.40. The van der Waals surface area contributed by atoms with E-state index in [1.165, 1.54) is 4.46 Å². The van der Waals surface area contributed by atoms with Crippen LogP contribution < -0.4 is 4.46 Å². The van der Waals surface area contributed by atoms with Crippen molar-refractivity contribution in [2.24, 2.45) is 0 Å². The molecule has 0 saturated heterocycles. The van der Waals surface area contributed by atoms with Gasteiger partial charge in [0, 0.05) is 0 Å². The molecule has 3 heteroatoms. The summed E-state index contributed by atoms with van der Waals surface area (Å²) >= 11 is 0.426. The first kappa shape index (κ1) is 9.78. The second kappa shape index (κ2) is 5.20. The average Bonchev–Trinajstić information content (AvgIpc) is 2.29. The van der Waals surface area contributed by atoms with Crippen LogP contribution in [-0.2, 0) is 0 Å². The van der Waals surface area contributed by atoms with Crippen molar-refractivity contribution in [1.29, 1.82) is 0 Å². The van der Waals surface area contributed by atoms with Crippen LogP contribution in [0.15, 0.2) is 59.8 Å². The van der Waals surface area contributed by atoms with E-state index in [2.05, 4.69) is 35.3 Å². The Morgan fingerprint density at radius 1 is 0.929 bits per heavy atom. The van der Waals surface area contributed by atoms with Crippen LogP contribution in [0.3, 0.4) is 0 Å². The van der Waals surface area contributed by atoms with Gasteiger partial charge in [0.15, 0.2) is 0 Å². The third-order valence-electron chi connectivity index (χ3n) is 1.60. The summed E-state index contributed by atoms with van der Waals surface area (Å²) in [4.78, 5) is 4.27. The molecule has 70 valence electrons. The van der Waals surface area contributed by atoms with Gasteiger partial charge >= 0.3 is 93.2 Å². The van der Waals surface area contributed by atoms with E-state index in [0.29, 0.717) is 13.8 Å². The quantitative estimate of drug-likeness (QED) is 0.789. The summed E-state index contributed by atoms with van der Waals surface area (Å²) in [5.41, 5.74) is 0. The third-order valence-corrected chi connectivity index (χ3v) is 5.67. The Morgan fingerprint density at radius 2 is 1.71 bits per heavy atom. The Labute approximate surface area is 93.2 Å². The number of benzene rings is 1. The fourth-order valence-corrected chi connectivity index (χ4v) is 4.29. The molecule has 0 N–H and O–H groups in total. The molecule has 0 aliphatic heterocycles. The molecule has 1 aromatic carbocycles. The van der Waals surface area contributed by atoms with Crippen LogP contribution in [0.1, 0.15) is 0 Å². The third kappa shape index (κ3) is 2.88. The number of hydrogen-bond donors (Lipinski definition) is 0. The molecule has 0 aliphatic rings. The van der Waals surface area contributed by atoms with Crippen molar-refractivity contribution < 1.29 is 0 Å². The average molecular weight is 266 g/mol. The van der Waals surface area contributed by atoms with Crippen molar-refractivity contribution in [2.75, 3.05) is 0 Å². The first-order chi connectivity index (χ1) is 6.95. The molecule has 1 aromatic heterocycles. The Morgan fingerprint density at radius 3 is 2.43 bits per heavy atom. The van der Waals surface area contributed by atoms with Crippen LogP contribution in [0.25, 0.3) is 0 Å². The Hall–Kier alpha value is -0.761. The summed E-state index contributed by atoms with van der Waals surface area (Å²) in [5, 5.41) is 1.11. The van der Waals surface area contributed by atoms with Gasteiger partial charge in [-0.3, -0.25) is 0 Å². The van der Waals surface area contributed by atoms with Crippen molar-refractivity contribution in [1.82, 2.24) is 4.98 Å². The van der Waals surface area contributed by atoms with E-state index in [1.807, 2.05) is 34.6 Å². The molecule has 0 atom stereocenters. The van der Waals surface area contributed by atoms with Gasteiger partial charge in [-0.15, -0.1) is 0 Å². The van der Waals surface area contributed by atoms with E-state index in [-0.39, 0.29) is 0 Å². The maximum absolute atomic E-state index is 4.27. The standard InChI is InChI=1S/C11H9NSSe/c1-2-6-10(7-3-1)14-13-11-8-4-5-9-12-11/h1-9H. The zero-order valence-corrected chi connectivity index (χ0v) is 9.99. The van der Waals surface area contributed by atoms with Gasteiger partial charge in [-0.05, 0) is 0 Å². The van der Waals surface area contributed by atoms with Crippen molar-refractivity contribution in [2.45, 2.75) is 5.03 Å². The van der Waals surface area contributed by atoms with Gasteiger partial charge in [0.25, 0.3) is 0 Å². The molecule has 0 bridgehead atoms. The van der Waals surface area contributed by atoms with Crippen molar-refractivity contribution in [3.63, 3.8) is 0 Å². The van der Waals surface area contributed by atoms with E-state index in [4.69, 9.17) is 0 Å². The monoisotopic (exact) mass is 267 g/mol. The predicted octanol–water partition coefficient (Wildman–Crippen LogP) is 2.12. The number of rotatable bonds is 3. The SMILES string of the molecule is c1ccc([Se]Sc2ccccn2)cc1. The summed E-state index contributed by atoms with van der Waals surface area (Å²) in [6.07, 6.45) is 1.84. The topological polar surface area (TPSA) is 12.9 Å². The molecule has 0 amide bonds. The molecule has 0 aliphatic carbocycles. The summed E-state index contributed by atoms with van der Waals surface area (Å²) in [5.74, 6) is 0.